The summed E-state index contributed by atoms with van der Waals surface area (Å²) in [6.45, 7) is 1.99. The van der Waals surface area contributed by atoms with E-state index in [1.807, 2.05) is 37.3 Å². The molecule has 1 N–H and O–H groups in total. The third kappa shape index (κ3) is 2.34. The molecule has 3 aromatic rings. The third-order valence-corrected chi connectivity index (χ3v) is 3.23. The molecule has 20 heavy (non-hydrogen) atoms. The number of H-pyrrole nitrogens is 1. The highest BCUT2D eigenvalue weighted by Gasteiger charge is 2.08. The fraction of sp³-hybridized carbons (Fsp3) is 0.125. The van der Waals surface area contributed by atoms with Gasteiger partial charge in [-0.1, -0.05) is 12.1 Å². The number of fused-ring (bicyclic) bond motifs is 1. The topological polar surface area (TPSA) is 61.7 Å². The molecular formula is C16H13N3O. The van der Waals surface area contributed by atoms with Crippen LogP contribution in [0.2, 0.25) is 0 Å². The van der Waals surface area contributed by atoms with Gasteiger partial charge in [0.25, 0.3) is 0 Å². The van der Waals surface area contributed by atoms with Gasteiger partial charge in [0.2, 0.25) is 0 Å². The van der Waals surface area contributed by atoms with E-state index >= 15 is 0 Å². The van der Waals surface area contributed by atoms with Crippen molar-refractivity contribution in [2.24, 2.45) is 0 Å². The third-order valence-electron chi connectivity index (χ3n) is 3.23. The molecule has 1 atom stereocenters. The molecular weight excluding hydrogens is 250 g/mol. The Bertz CT molecular complexity index is 768. The molecule has 1 aromatic heterocycles. The largest absolute Gasteiger partial charge is 0.486 e. The summed E-state index contributed by atoms with van der Waals surface area (Å²) in [6.07, 6.45) is 1.70. The number of nitriles is 1. The lowest BCUT2D eigenvalue weighted by molar-refractivity contribution is 0.227. The lowest BCUT2D eigenvalue weighted by Crippen LogP contribution is -2.02. The van der Waals surface area contributed by atoms with E-state index in [0.29, 0.717) is 5.56 Å². The molecule has 4 nitrogen and oxygen atoms in total. The Morgan fingerprint density at radius 1 is 1.20 bits per heavy atom. The van der Waals surface area contributed by atoms with Crippen LogP contribution in [0.5, 0.6) is 5.75 Å². The van der Waals surface area contributed by atoms with Gasteiger partial charge in [0.05, 0.1) is 23.3 Å². The number of aromatic nitrogens is 2. The van der Waals surface area contributed by atoms with Crippen LogP contribution in [0.25, 0.3) is 10.9 Å². The molecule has 1 unspecified atom stereocenters. The fourth-order valence-corrected chi connectivity index (χ4v) is 2.09. The zero-order valence-electron chi connectivity index (χ0n) is 11.0. The predicted molar refractivity (Wildman–Crippen MR) is 76.3 cm³/mol. The number of benzene rings is 2. The average Bonchev–Trinajstić information content (AvgIpc) is 2.95. The Hall–Kier alpha value is -2.80. The van der Waals surface area contributed by atoms with E-state index in [1.165, 1.54) is 0 Å². The maximum absolute atomic E-state index is 8.79. The first-order valence-corrected chi connectivity index (χ1v) is 6.36. The summed E-state index contributed by atoms with van der Waals surface area (Å²) in [5, 5.41) is 16.7. The Labute approximate surface area is 116 Å². The summed E-state index contributed by atoms with van der Waals surface area (Å²) in [4.78, 5) is 0. The van der Waals surface area contributed by atoms with Crippen LogP contribution in [0.3, 0.4) is 0 Å². The van der Waals surface area contributed by atoms with Crippen molar-refractivity contribution in [1.29, 1.82) is 5.26 Å². The number of hydrogen-bond acceptors (Lipinski definition) is 3. The van der Waals surface area contributed by atoms with Gasteiger partial charge in [-0.2, -0.15) is 10.4 Å². The van der Waals surface area contributed by atoms with Crippen molar-refractivity contribution in [3.05, 3.63) is 59.8 Å². The molecule has 4 heteroatoms. The molecule has 0 amide bonds. The quantitative estimate of drug-likeness (QED) is 0.785. The van der Waals surface area contributed by atoms with E-state index in [-0.39, 0.29) is 6.10 Å². The first kappa shape index (κ1) is 12.2. The van der Waals surface area contributed by atoms with Crippen molar-refractivity contribution in [3.8, 4) is 11.8 Å². The molecule has 0 aliphatic carbocycles. The molecule has 0 fully saturated rings. The second-order valence-electron chi connectivity index (χ2n) is 4.61. The summed E-state index contributed by atoms with van der Waals surface area (Å²) in [5.74, 6) is 0.802. The standard InChI is InChI=1S/C16H13N3O/c1-11(13-4-2-12(9-17)3-5-13)20-15-6-7-16-14(8-15)10-18-19-16/h2-8,10-11H,1H3,(H,18,19). The Morgan fingerprint density at radius 2 is 2.00 bits per heavy atom. The molecule has 0 spiro atoms. The Morgan fingerprint density at radius 3 is 2.75 bits per heavy atom. The summed E-state index contributed by atoms with van der Waals surface area (Å²) in [5.41, 5.74) is 2.68. The highest BCUT2D eigenvalue weighted by molar-refractivity contribution is 5.79. The zero-order valence-corrected chi connectivity index (χ0v) is 11.0. The van der Waals surface area contributed by atoms with Gasteiger partial charge in [-0.25, -0.2) is 0 Å². The minimum atomic E-state index is -0.0768. The highest BCUT2D eigenvalue weighted by Crippen LogP contribution is 2.24. The van der Waals surface area contributed by atoms with Crippen LogP contribution < -0.4 is 4.74 Å². The first-order valence-electron chi connectivity index (χ1n) is 6.36. The minimum absolute atomic E-state index is 0.0768. The van der Waals surface area contributed by atoms with Crippen molar-refractivity contribution in [3.63, 3.8) is 0 Å². The van der Waals surface area contributed by atoms with Crippen LogP contribution in [-0.2, 0) is 0 Å². The van der Waals surface area contributed by atoms with E-state index in [0.717, 1.165) is 22.2 Å². The number of aromatic amines is 1. The Kier molecular flexibility index (Phi) is 3.10. The van der Waals surface area contributed by atoms with Crippen molar-refractivity contribution >= 4 is 10.9 Å². The van der Waals surface area contributed by atoms with Crippen molar-refractivity contribution in [2.45, 2.75) is 13.0 Å². The molecule has 0 saturated carbocycles. The molecule has 98 valence electrons. The lowest BCUT2D eigenvalue weighted by Gasteiger charge is -2.15. The number of hydrogen-bond donors (Lipinski definition) is 1. The summed E-state index contributed by atoms with van der Waals surface area (Å²) >= 11 is 0. The van der Waals surface area contributed by atoms with Gasteiger partial charge in [-0.15, -0.1) is 0 Å². The van der Waals surface area contributed by atoms with E-state index in [1.54, 1.807) is 18.3 Å². The summed E-state index contributed by atoms with van der Waals surface area (Å²) in [7, 11) is 0. The van der Waals surface area contributed by atoms with Crippen LogP contribution in [0.4, 0.5) is 0 Å². The molecule has 0 saturated heterocycles. The molecule has 0 bridgehead atoms. The van der Waals surface area contributed by atoms with Gasteiger partial charge in [0.1, 0.15) is 11.9 Å². The van der Waals surface area contributed by atoms with Gasteiger partial charge in [0.15, 0.2) is 0 Å². The molecule has 0 aliphatic heterocycles. The lowest BCUT2D eigenvalue weighted by atomic mass is 10.1. The maximum atomic E-state index is 8.79. The zero-order chi connectivity index (χ0) is 13.9. The first-order chi connectivity index (χ1) is 9.76. The van der Waals surface area contributed by atoms with Crippen LogP contribution in [-0.4, -0.2) is 10.2 Å². The van der Waals surface area contributed by atoms with E-state index in [4.69, 9.17) is 10.00 Å². The second-order valence-corrected chi connectivity index (χ2v) is 4.61. The van der Waals surface area contributed by atoms with Gasteiger partial charge >= 0.3 is 0 Å². The predicted octanol–water partition coefficient (Wildman–Crippen LogP) is 3.57. The van der Waals surface area contributed by atoms with E-state index in [2.05, 4.69) is 16.3 Å². The fourth-order valence-electron chi connectivity index (χ4n) is 2.09. The molecule has 0 radical (unpaired) electrons. The summed E-state index contributed by atoms with van der Waals surface area (Å²) < 4.78 is 5.93. The number of nitrogens with zero attached hydrogens (tertiary/aromatic N) is 2. The van der Waals surface area contributed by atoms with Gasteiger partial charge in [-0.3, -0.25) is 5.10 Å². The maximum Gasteiger partial charge on any atom is 0.121 e. The molecule has 1 heterocycles. The molecule has 0 aliphatic rings. The number of ether oxygens (including phenoxy) is 1. The van der Waals surface area contributed by atoms with Crippen molar-refractivity contribution < 1.29 is 4.74 Å². The van der Waals surface area contributed by atoms with E-state index < -0.39 is 0 Å². The number of rotatable bonds is 3. The average molecular weight is 263 g/mol. The van der Waals surface area contributed by atoms with Crippen LogP contribution in [0.1, 0.15) is 24.2 Å². The van der Waals surface area contributed by atoms with Crippen molar-refractivity contribution in [2.75, 3.05) is 0 Å². The van der Waals surface area contributed by atoms with Crippen molar-refractivity contribution in [1.82, 2.24) is 10.2 Å². The van der Waals surface area contributed by atoms with Gasteiger partial charge < -0.3 is 4.74 Å². The normalized spacial score (nSPS) is 12.0. The van der Waals surface area contributed by atoms with E-state index in [9.17, 15) is 0 Å². The van der Waals surface area contributed by atoms with Gasteiger partial charge in [-0.05, 0) is 42.8 Å². The second kappa shape index (κ2) is 5.06. The van der Waals surface area contributed by atoms with Gasteiger partial charge in [0, 0.05) is 5.39 Å². The van der Waals surface area contributed by atoms with Crippen LogP contribution in [0.15, 0.2) is 48.7 Å². The monoisotopic (exact) mass is 263 g/mol. The molecule has 3 rings (SSSR count). The SMILES string of the molecule is CC(Oc1ccc2[nH]ncc2c1)c1ccc(C#N)cc1. The minimum Gasteiger partial charge on any atom is -0.486 e. The summed E-state index contributed by atoms with van der Waals surface area (Å²) in [6, 6.07) is 15.4. The van der Waals surface area contributed by atoms with Crippen LogP contribution >= 0.6 is 0 Å². The molecule has 2 aromatic carbocycles. The smallest absolute Gasteiger partial charge is 0.121 e. The number of nitrogens with one attached hydrogen (secondary N) is 1. The Balaban J connectivity index is 1.80. The van der Waals surface area contributed by atoms with Crippen LogP contribution in [0, 0.1) is 11.3 Å². The highest BCUT2D eigenvalue weighted by atomic mass is 16.5.